The van der Waals surface area contributed by atoms with E-state index in [9.17, 15) is 9.90 Å². The number of Topliss-reactive ketones (excluding diaryl/α,β-unsaturated/α-hetero) is 1. The molecule has 0 amide bonds. The van der Waals surface area contributed by atoms with Gasteiger partial charge >= 0.3 is 0 Å². The Hall–Kier alpha value is -1.97. The van der Waals surface area contributed by atoms with E-state index in [1.807, 2.05) is 39.0 Å². The lowest BCUT2D eigenvalue weighted by Crippen LogP contribution is -2.52. The number of fused-ring (bicyclic) bond motifs is 2. The third kappa shape index (κ3) is 2.54. The van der Waals surface area contributed by atoms with Crippen LogP contribution in [0.2, 0.25) is 0 Å². The lowest BCUT2D eigenvalue weighted by atomic mass is 9.76. The molecule has 4 atom stereocenters. The fourth-order valence-corrected chi connectivity index (χ4v) is 4.55. The maximum Gasteiger partial charge on any atom is 0.171 e. The molecule has 2 aromatic rings. The summed E-state index contributed by atoms with van der Waals surface area (Å²) in [5.41, 5.74) is 4.77. The molecule has 2 aromatic carbocycles. The SMILES string of the molecule is Cc1cc(-c2ccccc2)cc(C)c1C1C(=O)[C@@H]2CC[C@@](C)(O2)C1O. The fraction of sp³-hybridized carbons (Fsp3) is 0.409. The molecule has 4 rings (SSSR count). The third-order valence-corrected chi connectivity index (χ3v) is 5.89. The van der Waals surface area contributed by atoms with Crippen molar-refractivity contribution in [3.63, 3.8) is 0 Å². The standard InChI is InChI=1S/C22H24O3/c1-13-11-16(15-7-5-4-6-8-15)12-14(2)18(13)19-20(23)17-9-10-22(3,25-17)21(19)24/h4-8,11-12,17,19,21,24H,9-10H2,1-3H3/t17-,19?,21?,22+/m0/s1. The van der Waals surface area contributed by atoms with Gasteiger partial charge in [0.25, 0.3) is 0 Å². The van der Waals surface area contributed by atoms with E-state index in [1.54, 1.807) is 0 Å². The van der Waals surface area contributed by atoms with Crippen LogP contribution in [0.5, 0.6) is 0 Å². The molecule has 130 valence electrons. The van der Waals surface area contributed by atoms with Gasteiger partial charge in [0.05, 0.1) is 17.6 Å². The summed E-state index contributed by atoms with van der Waals surface area (Å²) in [5.74, 6) is -0.461. The zero-order chi connectivity index (χ0) is 17.8. The van der Waals surface area contributed by atoms with Crippen molar-refractivity contribution < 1.29 is 14.6 Å². The Kier molecular flexibility index (Phi) is 3.82. The van der Waals surface area contributed by atoms with E-state index in [4.69, 9.17) is 4.74 Å². The van der Waals surface area contributed by atoms with Gasteiger partial charge in [-0.15, -0.1) is 0 Å². The predicted octanol–water partition coefficient (Wildman–Crippen LogP) is 3.94. The summed E-state index contributed by atoms with van der Waals surface area (Å²) in [6.07, 6.45) is 0.286. The maximum atomic E-state index is 12.9. The van der Waals surface area contributed by atoms with Crippen molar-refractivity contribution in [2.24, 2.45) is 0 Å². The summed E-state index contributed by atoms with van der Waals surface area (Å²) in [6.45, 7) is 6.00. The van der Waals surface area contributed by atoms with Gasteiger partial charge in [0.2, 0.25) is 0 Å². The van der Waals surface area contributed by atoms with Crippen molar-refractivity contribution in [3.05, 3.63) is 59.2 Å². The highest BCUT2D eigenvalue weighted by Gasteiger charge is 2.56. The van der Waals surface area contributed by atoms with Gasteiger partial charge in [-0.3, -0.25) is 4.79 Å². The first-order chi connectivity index (χ1) is 11.9. The third-order valence-electron chi connectivity index (χ3n) is 5.89. The molecule has 25 heavy (non-hydrogen) atoms. The van der Waals surface area contributed by atoms with Crippen LogP contribution in [0.15, 0.2) is 42.5 Å². The zero-order valence-electron chi connectivity index (χ0n) is 15.0. The van der Waals surface area contributed by atoms with E-state index >= 15 is 0 Å². The van der Waals surface area contributed by atoms with Crippen LogP contribution in [0.25, 0.3) is 11.1 Å². The van der Waals surface area contributed by atoms with Gasteiger partial charge in [-0.25, -0.2) is 0 Å². The van der Waals surface area contributed by atoms with Gasteiger partial charge in [0.1, 0.15) is 6.10 Å². The average molecular weight is 336 g/mol. The normalized spacial score (nSPS) is 31.4. The second-order valence-corrected chi connectivity index (χ2v) is 7.67. The van der Waals surface area contributed by atoms with E-state index in [2.05, 4.69) is 24.3 Å². The smallest absolute Gasteiger partial charge is 0.171 e. The number of ether oxygens (including phenoxy) is 1. The van der Waals surface area contributed by atoms with Crippen LogP contribution in [0.1, 0.15) is 42.4 Å². The van der Waals surface area contributed by atoms with Crippen LogP contribution in [0, 0.1) is 13.8 Å². The van der Waals surface area contributed by atoms with E-state index in [0.717, 1.165) is 34.2 Å². The first-order valence-corrected chi connectivity index (χ1v) is 8.97. The van der Waals surface area contributed by atoms with E-state index < -0.39 is 17.6 Å². The zero-order valence-corrected chi connectivity index (χ0v) is 15.0. The van der Waals surface area contributed by atoms with Crippen LogP contribution in [0.4, 0.5) is 0 Å². The second-order valence-electron chi connectivity index (χ2n) is 7.67. The number of hydrogen-bond donors (Lipinski definition) is 1. The lowest BCUT2D eigenvalue weighted by molar-refractivity contribution is -0.170. The summed E-state index contributed by atoms with van der Waals surface area (Å²) in [6, 6.07) is 14.5. The van der Waals surface area contributed by atoms with Gasteiger partial charge in [-0.1, -0.05) is 42.5 Å². The molecule has 2 aliphatic rings. The number of benzene rings is 2. The highest BCUT2D eigenvalue weighted by Crippen LogP contribution is 2.47. The first-order valence-electron chi connectivity index (χ1n) is 8.97. The van der Waals surface area contributed by atoms with E-state index in [1.165, 1.54) is 0 Å². The number of hydrogen-bond acceptors (Lipinski definition) is 3. The van der Waals surface area contributed by atoms with Crippen molar-refractivity contribution in [2.75, 3.05) is 0 Å². The molecule has 0 aliphatic carbocycles. The molecule has 2 aliphatic heterocycles. The van der Waals surface area contributed by atoms with Crippen LogP contribution in [-0.4, -0.2) is 28.7 Å². The minimum atomic E-state index is -0.793. The van der Waals surface area contributed by atoms with Crippen molar-refractivity contribution >= 4 is 5.78 Å². The molecule has 2 unspecified atom stereocenters. The Bertz CT molecular complexity index is 803. The van der Waals surface area contributed by atoms with Crippen LogP contribution in [-0.2, 0) is 9.53 Å². The lowest BCUT2D eigenvalue weighted by Gasteiger charge is -2.40. The Balaban J connectivity index is 1.80. The number of ketones is 1. The molecule has 2 saturated heterocycles. The largest absolute Gasteiger partial charge is 0.389 e. The summed E-state index contributed by atoms with van der Waals surface area (Å²) < 4.78 is 5.83. The van der Waals surface area contributed by atoms with Crippen molar-refractivity contribution in [1.29, 1.82) is 0 Å². The second kappa shape index (κ2) is 5.79. The molecular weight excluding hydrogens is 312 g/mol. The van der Waals surface area contributed by atoms with Gasteiger partial charge in [-0.2, -0.15) is 0 Å². The minimum Gasteiger partial charge on any atom is -0.389 e. The number of carbonyl (C=O) groups excluding carboxylic acids is 1. The summed E-state index contributed by atoms with van der Waals surface area (Å²) in [4.78, 5) is 12.9. The topological polar surface area (TPSA) is 46.5 Å². The Labute approximate surface area is 148 Å². The molecule has 2 heterocycles. The van der Waals surface area contributed by atoms with Crippen LogP contribution in [0.3, 0.4) is 0 Å². The number of aryl methyl sites for hydroxylation is 2. The monoisotopic (exact) mass is 336 g/mol. The summed E-state index contributed by atoms with van der Waals surface area (Å²) in [5, 5.41) is 10.9. The van der Waals surface area contributed by atoms with Gasteiger partial charge < -0.3 is 9.84 Å². The van der Waals surface area contributed by atoms with Gasteiger partial charge in [-0.05, 0) is 61.4 Å². The first kappa shape index (κ1) is 16.5. The molecule has 3 heteroatoms. The fourth-order valence-electron chi connectivity index (χ4n) is 4.55. The molecule has 0 spiro atoms. The molecule has 2 fully saturated rings. The molecule has 0 saturated carbocycles. The quantitative estimate of drug-likeness (QED) is 0.904. The predicted molar refractivity (Wildman–Crippen MR) is 97.6 cm³/mol. The highest BCUT2D eigenvalue weighted by atomic mass is 16.5. The average Bonchev–Trinajstić information content (AvgIpc) is 2.97. The van der Waals surface area contributed by atoms with Crippen molar-refractivity contribution in [2.45, 2.75) is 57.3 Å². The maximum absolute atomic E-state index is 12.9. The van der Waals surface area contributed by atoms with Crippen molar-refractivity contribution in [1.82, 2.24) is 0 Å². The molecule has 0 radical (unpaired) electrons. The van der Waals surface area contributed by atoms with Crippen LogP contribution < -0.4 is 0 Å². The van der Waals surface area contributed by atoms with E-state index in [-0.39, 0.29) is 11.9 Å². The van der Waals surface area contributed by atoms with Crippen molar-refractivity contribution in [3.8, 4) is 11.1 Å². The highest BCUT2D eigenvalue weighted by molar-refractivity contribution is 5.92. The Morgan fingerprint density at radius 3 is 2.36 bits per heavy atom. The van der Waals surface area contributed by atoms with Gasteiger partial charge in [0, 0.05) is 0 Å². The van der Waals surface area contributed by atoms with Crippen LogP contribution >= 0.6 is 0 Å². The number of rotatable bonds is 2. The molecule has 0 aromatic heterocycles. The Morgan fingerprint density at radius 2 is 1.72 bits per heavy atom. The molecule has 1 N–H and O–H groups in total. The van der Waals surface area contributed by atoms with E-state index in [0.29, 0.717) is 6.42 Å². The molecule has 3 nitrogen and oxygen atoms in total. The van der Waals surface area contributed by atoms with Gasteiger partial charge in [0.15, 0.2) is 5.78 Å². The minimum absolute atomic E-state index is 0.0288. The number of carbonyl (C=O) groups is 1. The summed E-state index contributed by atoms with van der Waals surface area (Å²) >= 11 is 0. The summed E-state index contributed by atoms with van der Waals surface area (Å²) in [7, 11) is 0. The molecular formula is C22H24O3. The Morgan fingerprint density at radius 1 is 1.08 bits per heavy atom. The number of aliphatic hydroxyl groups is 1. The molecule has 2 bridgehead atoms. The number of aliphatic hydroxyl groups excluding tert-OH is 1.